The number of rotatable bonds is 16. The average molecular weight is 1000 g/mol. The van der Waals surface area contributed by atoms with Crippen molar-refractivity contribution >= 4 is 64.3 Å². The van der Waals surface area contributed by atoms with E-state index in [2.05, 4.69) is 25.9 Å². The Morgan fingerprint density at radius 3 is 1.54 bits per heavy atom. The van der Waals surface area contributed by atoms with Gasteiger partial charge in [0.1, 0.15) is 28.8 Å². The maximum Gasteiger partial charge on any atom is 0.417 e. The maximum atomic E-state index is 13.0. The monoisotopic (exact) mass is 999 g/mol. The topological polar surface area (TPSA) is 178 Å². The SMILES string of the molecule is CC(C)COC(=O)Nc1cc(Oc2cccc(CCC(=O)Nc3ccc(Cl)c(C(F)(F)F)c3)c2)ccn1.O=C(CCc1cccc(Oc2ccnc(C(=O)O)c2)c1)Nc1ccc(Cl)c(C(F)(F)F)c1. The highest BCUT2D eigenvalue weighted by Gasteiger charge is 2.34. The van der Waals surface area contributed by atoms with Crippen molar-refractivity contribution in [1.82, 2.24) is 9.97 Å². The molecule has 0 atom stereocenters. The summed E-state index contributed by atoms with van der Waals surface area (Å²) in [4.78, 5) is 55.1. The number of nitrogens with zero attached hydrogens (tertiary/aromatic N) is 2. The first-order valence-corrected chi connectivity index (χ1v) is 21.3. The number of carbonyl (C=O) groups excluding carboxylic acids is 3. The first-order valence-electron chi connectivity index (χ1n) is 20.6. The smallest absolute Gasteiger partial charge is 0.417 e. The van der Waals surface area contributed by atoms with Crippen LogP contribution in [0.5, 0.6) is 23.0 Å². The third kappa shape index (κ3) is 17.3. The molecule has 0 spiro atoms. The normalized spacial score (nSPS) is 11.2. The zero-order valence-corrected chi connectivity index (χ0v) is 37.9. The van der Waals surface area contributed by atoms with Gasteiger partial charge in [0.05, 0.1) is 27.8 Å². The lowest BCUT2D eigenvalue weighted by molar-refractivity contribution is -0.138. The van der Waals surface area contributed by atoms with Crippen LogP contribution < -0.4 is 25.4 Å². The summed E-state index contributed by atoms with van der Waals surface area (Å²) < 4.78 is 94.5. The number of hydrogen-bond acceptors (Lipinski definition) is 9. The van der Waals surface area contributed by atoms with Crippen LogP contribution in [0, 0.1) is 5.92 Å². The Morgan fingerprint density at radius 2 is 1.07 bits per heavy atom. The number of anilines is 3. The minimum atomic E-state index is -4.63. The summed E-state index contributed by atoms with van der Waals surface area (Å²) in [6.45, 7) is 4.13. The summed E-state index contributed by atoms with van der Waals surface area (Å²) in [6, 6.07) is 26.1. The molecule has 0 aliphatic carbocycles. The van der Waals surface area contributed by atoms with Crippen LogP contribution in [0.15, 0.2) is 122 Å². The molecule has 0 radical (unpaired) electrons. The van der Waals surface area contributed by atoms with Crippen LogP contribution in [0.3, 0.4) is 0 Å². The number of aryl methyl sites for hydroxylation is 2. The van der Waals surface area contributed by atoms with E-state index >= 15 is 0 Å². The van der Waals surface area contributed by atoms with Crippen molar-refractivity contribution in [2.24, 2.45) is 5.92 Å². The number of carboxylic acid groups (broad SMARTS) is 1. The van der Waals surface area contributed by atoms with Gasteiger partial charge in [-0.25, -0.2) is 19.6 Å². The Labute approximate surface area is 400 Å². The van der Waals surface area contributed by atoms with Gasteiger partial charge in [-0.3, -0.25) is 14.9 Å². The lowest BCUT2D eigenvalue weighted by Gasteiger charge is -2.12. The lowest BCUT2D eigenvalue weighted by Crippen LogP contribution is -2.17. The molecule has 6 aromatic rings. The second-order valence-corrected chi connectivity index (χ2v) is 16.0. The van der Waals surface area contributed by atoms with Gasteiger partial charge < -0.3 is 30.0 Å². The van der Waals surface area contributed by atoms with E-state index in [4.69, 9.17) is 42.5 Å². The van der Waals surface area contributed by atoms with E-state index in [1.54, 1.807) is 54.6 Å². The highest BCUT2D eigenvalue weighted by atomic mass is 35.5. The molecular formula is C48H41Cl2F6N5O8. The van der Waals surface area contributed by atoms with Crippen molar-refractivity contribution in [2.75, 3.05) is 22.6 Å². The number of carboxylic acids is 1. The van der Waals surface area contributed by atoms with E-state index in [1.807, 2.05) is 13.8 Å². The molecular weight excluding hydrogens is 959 g/mol. The van der Waals surface area contributed by atoms with E-state index < -0.39 is 57.4 Å². The number of aromatic nitrogens is 2. The van der Waals surface area contributed by atoms with Crippen LogP contribution >= 0.6 is 23.2 Å². The number of halogens is 8. The number of carbonyl (C=O) groups is 4. The molecule has 0 bridgehead atoms. The number of pyridine rings is 2. The molecule has 2 aromatic heterocycles. The van der Waals surface area contributed by atoms with Crippen LogP contribution in [-0.2, 0) is 39.5 Å². The molecule has 21 heteroatoms. The largest absolute Gasteiger partial charge is 0.477 e. The summed E-state index contributed by atoms with van der Waals surface area (Å²) in [7, 11) is 0. The van der Waals surface area contributed by atoms with Crippen LogP contribution in [0.25, 0.3) is 0 Å². The molecule has 0 saturated carbocycles. The zero-order chi connectivity index (χ0) is 50.3. The third-order valence-electron chi connectivity index (χ3n) is 9.12. The lowest BCUT2D eigenvalue weighted by atomic mass is 10.1. The van der Waals surface area contributed by atoms with E-state index in [9.17, 15) is 45.5 Å². The molecule has 0 aliphatic heterocycles. The van der Waals surface area contributed by atoms with Gasteiger partial charge >= 0.3 is 24.4 Å². The van der Waals surface area contributed by atoms with Crippen LogP contribution in [-0.4, -0.2) is 45.6 Å². The van der Waals surface area contributed by atoms with Gasteiger partial charge in [-0.1, -0.05) is 61.3 Å². The maximum absolute atomic E-state index is 13.0. The zero-order valence-electron chi connectivity index (χ0n) is 36.4. The molecule has 0 aliphatic rings. The van der Waals surface area contributed by atoms with Crippen molar-refractivity contribution in [3.63, 3.8) is 0 Å². The molecule has 0 saturated heterocycles. The third-order valence-corrected chi connectivity index (χ3v) is 9.78. The van der Waals surface area contributed by atoms with Crippen molar-refractivity contribution < 1.29 is 64.8 Å². The average Bonchev–Trinajstić information content (AvgIpc) is 3.28. The Balaban J connectivity index is 0.000000260. The molecule has 4 aromatic carbocycles. The van der Waals surface area contributed by atoms with Gasteiger partial charge in [0.15, 0.2) is 5.69 Å². The van der Waals surface area contributed by atoms with Crippen molar-refractivity contribution in [2.45, 2.75) is 51.9 Å². The Morgan fingerprint density at radius 1 is 0.609 bits per heavy atom. The quantitative estimate of drug-likeness (QED) is 0.0682. The minimum Gasteiger partial charge on any atom is -0.477 e. The number of aromatic carboxylic acids is 1. The van der Waals surface area contributed by atoms with E-state index in [-0.39, 0.29) is 54.0 Å². The number of nitrogens with one attached hydrogen (secondary N) is 3. The molecule has 69 heavy (non-hydrogen) atoms. The van der Waals surface area contributed by atoms with Crippen molar-refractivity contribution in [3.8, 4) is 23.0 Å². The molecule has 0 unspecified atom stereocenters. The molecule has 3 amide bonds. The summed E-state index contributed by atoms with van der Waals surface area (Å²) in [5, 5.41) is 15.5. The summed E-state index contributed by atoms with van der Waals surface area (Å²) in [6.07, 6.45) is -6.39. The fourth-order valence-corrected chi connectivity index (χ4v) is 6.37. The molecule has 4 N–H and O–H groups in total. The van der Waals surface area contributed by atoms with Gasteiger partial charge in [0.25, 0.3) is 0 Å². The first kappa shape index (κ1) is 52.6. The van der Waals surface area contributed by atoms with Crippen molar-refractivity contribution in [1.29, 1.82) is 0 Å². The van der Waals surface area contributed by atoms with Gasteiger partial charge in [-0.15, -0.1) is 0 Å². The highest BCUT2D eigenvalue weighted by Crippen LogP contribution is 2.37. The molecule has 13 nitrogen and oxygen atoms in total. The molecule has 6 rings (SSSR count). The molecule has 0 fully saturated rings. The van der Waals surface area contributed by atoms with Crippen LogP contribution in [0.1, 0.15) is 59.4 Å². The van der Waals surface area contributed by atoms with Gasteiger partial charge in [-0.05, 0) is 103 Å². The van der Waals surface area contributed by atoms with Gasteiger partial charge in [-0.2, -0.15) is 26.3 Å². The number of benzene rings is 4. The predicted molar refractivity (Wildman–Crippen MR) is 245 cm³/mol. The molecule has 362 valence electrons. The summed E-state index contributed by atoms with van der Waals surface area (Å²) in [5.74, 6) is -0.00622. The van der Waals surface area contributed by atoms with Gasteiger partial charge in [0, 0.05) is 48.7 Å². The number of amides is 3. The Bertz CT molecular complexity index is 2780. The molecule has 2 heterocycles. The highest BCUT2D eigenvalue weighted by molar-refractivity contribution is 6.32. The summed E-state index contributed by atoms with van der Waals surface area (Å²) in [5.41, 5.74) is -0.666. The summed E-state index contributed by atoms with van der Waals surface area (Å²) >= 11 is 11.2. The van der Waals surface area contributed by atoms with Gasteiger partial charge in [0.2, 0.25) is 11.8 Å². The fourth-order valence-electron chi connectivity index (χ4n) is 5.92. The standard InChI is InChI=1S/C26H25ClF3N3O4.C22H16ClF3N2O4/c1-16(2)15-36-25(35)33-23-14-20(10-11-31-23)37-19-5-3-4-17(12-19)6-9-24(34)32-18-7-8-22(27)21(13-18)26(28,29)30;23-18-6-5-14(11-17(18)22(24,25)26)28-20(29)7-4-13-2-1-3-15(10-13)32-16-8-9-27-19(12-16)21(30)31/h3-5,7-8,10-14,16H,6,9,15H2,1-2H3,(H,32,34)(H,31,33,35);1-3,5-6,8-12H,4,7H2,(H,28,29)(H,30,31). The first-order chi connectivity index (χ1) is 32.6. The van der Waals surface area contributed by atoms with E-state index in [1.165, 1.54) is 42.7 Å². The van der Waals surface area contributed by atoms with E-state index in [0.29, 0.717) is 30.1 Å². The Hall–Kier alpha value is -7.38. The predicted octanol–water partition coefficient (Wildman–Crippen LogP) is 13.1. The second kappa shape index (κ2) is 24.1. The number of hydrogen-bond donors (Lipinski definition) is 4. The van der Waals surface area contributed by atoms with Crippen LogP contribution in [0.4, 0.5) is 48.3 Å². The fraction of sp³-hybridized carbons (Fsp3) is 0.208. The van der Waals surface area contributed by atoms with E-state index in [0.717, 1.165) is 35.4 Å². The Kier molecular flexibility index (Phi) is 18.3. The van der Waals surface area contributed by atoms with Crippen molar-refractivity contribution in [3.05, 3.63) is 160 Å². The van der Waals surface area contributed by atoms with Crippen LogP contribution in [0.2, 0.25) is 10.0 Å². The number of ether oxygens (including phenoxy) is 3. The minimum absolute atomic E-state index is 0.00395. The number of alkyl halides is 6. The second-order valence-electron chi connectivity index (χ2n) is 15.2.